The Kier molecular flexibility index (Phi) is 6.43. The van der Waals surface area contributed by atoms with Crippen LogP contribution in [0.3, 0.4) is 0 Å². The molecule has 0 radical (unpaired) electrons. The third-order valence-corrected chi connectivity index (χ3v) is 5.31. The lowest BCUT2D eigenvalue weighted by molar-refractivity contribution is -0.115. The third-order valence-electron chi connectivity index (χ3n) is 5.09. The maximum atomic E-state index is 14.5. The van der Waals surface area contributed by atoms with E-state index in [0.717, 1.165) is 6.20 Å². The summed E-state index contributed by atoms with van der Waals surface area (Å²) in [4.78, 5) is 37.6. The van der Waals surface area contributed by atoms with E-state index in [1.165, 1.54) is 41.6 Å². The molecule has 4 rings (SSSR count). The average molecular weight is 468 g/mol. The maximum Gasteiger partial charge on any atom is 0.230 e. The lowest BCUT2D eigenvalue weighted by Gasteiger charge is -2.11. The minimum absolute atomic E-state index is 0.0207. The van der Waals surface area contributed by atoms with Gasteiger partial charge in [0.1, 0.15) is 0 Å². The molecule has 0 saturated carbocycles. The Labute approximate surface area is 193 Å². The summed E-state index contributed by atoms with van der Waals surface area (Å²) in [6, 6.07) is 4.34. The lowest BCUT2D eigenvalue weighted by atomic mass is 10.0. The monoisotopic (exact) mass is 467 g/mol. The molecule has 0 aliphatic heterocycles. The third kappa shape index (κ3) is 4.74. The van der Waals surface area contributed by atoms with Crippen LogP contribution in [0.1, 0.15) is 34.6 Å². The molecular weight excluding hydrogens is 449 g/mol. The van der Waals surface area contributed by atoms with E-state index in [0.29, 0.717) is 21.8 Å². The van der Waals surface area contributed by atoms with E-state index in [-0.39, 0.29) is 35.6 Å². The minimum atomic E-state index is -0.596. The predicted octanol–water partition coefficient (Wildman–Crippen LogP) is 3.58. The van der Waals surface area contributed by atoms with E-state index in [2.05, 4.69) is 20.3 Å². The Morgan fingerprint density at radius 3 is 2.70 bits per heavy atom. The highest BCUT2D eigenvalue weighted by molar-refractivity contribution is 6.30. The van der Waals surface area contributed by atoms with Crippen molar-refractivity contribution in [2.75, 3.05) is 11.9 Å². The number of hydrogen-bond acceptors (Lipinski definition) is 6. The van der Waals surface area contributed by atoms with Gasteiger partial charge in [-0.05, 0) is 25.1 Å². The van der Waals surface area contributed by atoms with Crippen molar-refractivity contribution in [2.45, 2.75) is 19.4 Å². The normalized spacial score (nSPS) is 12.0. The van der Waals surface area contributed by atoms with Crippen molar-refractivity contribution in [3.63, 3.8) is 0 Å². The molecule has 168 valence electrons. The van der Waals surface area contributed by atoms with Gasteiger partial charge >= 0.3 is 0 Å². The molecule has 1 unspecified atom stereocenters. The van der Waals surface area contributed by atoms with Crippen molar-refractivity contribution in [1.29, 1.82) is 0 Å². The van der Waals surface area contributed by atoms with E-state index >= 15 is 0 Å². The van der Waals surface area contributed by atoms with Crippen LogP contribution in [0, 0.1) is 5.82 Å². The Morgan fingerprint density at radius 2 is 1.97 bits per heavy atom. The number of pyridine rings is 3. The minimum Gasteiger partial charge on any atom is -0.394 e. The maximum absolute atomic E-state index is 14.5. The molecule has 0 aliphatic rings. The van der Waals surface area contributed by atoms with Crippen molar-refractivity contribution >= 4 is 39.9 Å². The first-order valence-electron chi connectivity index (χ1n) is 10.0. The summed E-state index contributed by atoms with van der Waals surface area (Å²) in [5.41, 5.74) is 1.47. The fourth-order valence-corrected chi connectivity index (χ4v) is 3.56. The van der Waals surface area contributed by atoms with Crippen LogP contribution in [-0.4, -0.2) is 42.9 Å². The average Bonchev–Trinajstić information content (AvgIpc) is 3.21. The summed E-state index contributed by atoms with van der Waals surface area (Å²) < 4.78 is 16.0. The van der Waals surface area contributed by atoms with Gasteiger partial charge in [0.25, 0.3) is 0 Å². The van der Waals surface area contributed by atoms with Crippen LogP contribution >= 0.6 is 11.6 Å². The van der Waals surface area contributed by atoms with Gasteiger partial charge < -0.3 is 15.0 Å². The summed E-state index contributed by atoms with van der Waals surface area (Å²) in [5, 5.41) is 13.0. The SMILES string of the molecule is CC(CO)n1cc(C(=O)c2cncc(NC(=O)Cc3ccc(Cl)cn3)c2)c2cncc(F)c21. The molecule has 4 aromatic rings. The fraction of sp³-hybridized carbons (Fsp3) is 0.174. The zero-order valence-electron chi connectivity index (χ0n) is 17.5. The van der Waals surface area contributed by atoms with Crippen molar-refractivity contribution in [1.82, 2.24) is 19.5 Å². The van der Waals surface area contributed by atoms with Crippen LogP contribution in [0.25, 0.3) is 10.9 Å². The standard InChI is InChI=1S/C23H19ClFN5O3/c1-13(12-31)30-11-19(18-9-27-10-20(25)22(18)30)23(33)14-4-17(8-26-6-14)29-21(32)5-16-3-2-15(24)7-28-16/h2-4,6-11,13,31H,5,12H2,1H3,(H,29,32). The van der Waals surface area contributed by atoms with E-state index in [4.69, 9.17) is 11.6 Å². The number of rotatable bonds is 7. The number of aromatic nitrogens is 4. The number of nitrogens with one attached hydrogen (secondary N) is 1. The van der Waals surface area contributed by atoms with E-state index < -0.39 is 17.6 Å². The Balaban J connectivity index is 1.60. The summed E-state index contributed by atoms with van der Waals surface area (Å²) in [6.45, 7) is 1.48. The van der Waals surface area contributed by atoms with Gasteiger partial charge in [0.2, 0.25) is 5.91 Å². The molecule has 0 aliphatic carbocycles. The topological polar surface area (TPSA) is 110 Å². The number of carbonyl (C=O) groups is 2. The van der Waals surface area contributed by atoms with Crippen molar-refractivity contribution in [3.8, 4) is 0 Å². The van der Waals surface area contributed by atoms with Gasteiger partial charge in [-0.25, -0.2) is 4.39 Å². The molecule has 0 aromatic carbocycles. The molecule has 0 bridgehead atoms. The number of halogens is 2. The molecule has 0 spiro atoms. The highest BCUT2D eigenvalue weighted by Crippen LogP contribution is 2.28. The summed E-state index contributed by atoms with van der Waals surface area (Å²) in [5.74, 6) is -1.35. The van der Waals surface area contributed by atoms with Crippen LogP contribution in [0.4, 0.5) is 10.1 Å². The van der Waals surface area contributed by atoms with Gasteiger partial charge in [0, 0.05) is 47.0 Å². The van der Waals surface area contributed by atoms with Gasteiger partial charge in [0.05, 0.1) is 47.7 Å². The molecule has 10 heteroatoms. The first-order chi connectivity index (χ1) is 15.9. The largest absolute Gasteiger partial charge is 0.394 e. The van der Waals surface area contributed by atoms with Crippen LogP contribution in [-0.2, 0) is 11.2 Å². The second-order valence-electron chi connectivity index (χ2n) is 7.48. The zero-order chi connectivity index (χ0) is 23.5. The van der Waals surface area contributed by atoms with Gasteiger partial charge in [-0.1, -0.05) is 11.6 Å². The van der Waals surface area contributed by atoms with Gasteiger partial charge in [0.15, 0.2) is 11.6 Å². The van der Waals surface area contributed by atoms with Gasteiger partial charge in [-0.2, -0.15) is 0 Å². The second kappa shape index (κ2) is 9.43. The molecular formula is C23H19ClFN5O3. The van der Waals surface area contributed by atoms with Crippen LogP contribution in [0.15, 0.2) is 55.4 Å². The highest BCUT2D eigenvalue weighted by atomic mass is 35.5. The predicted molar refractivity (Wildman–Crippen MR) is 121 cm³/mol. The summed E-state index contributed by atoms with van der Waals surface area (Å²) in [7, 11) is 0. The van der Waals surface area contributed by atoms with Crippen LogP contribution < -0.4 is 5.32 Å². The molecule has 33 heavy (non-hydrogen) atoms. The van der Waals surface area contributed by atoms with Gasteiger partial charge in [-0.15, -0.1) is 0 Å². The van der Waals surface area contributed by atoms with E-state index in [1.807, 2.05) is 0 Å². The second-order valence-corrected chi connectivity index (χ2v) is 7.92. The highest BCUT2D eigenvalue weighted by Gasteiger charge is 2.22. The van der Waals surface area contributed by atoms with Gasteiger partial charge in [-0.3, -0.25) is 24.5 Å². The fourth-order valence-electron chi connectivity index (χ4n) is 3.45. The molecule has 1 amide bonds. The van der Waals surface area contributed by atoms with Crippen molar-refractivity contribution < 1.29 is 19.1 Å². The molecule has 2 N–H and O–H groups in total. The Hall–Kier alpha value is -3.69. The number of fused-ring (bicyclic) bond motifs is 1. The Bertz CT molecular complexity index is 1340. The van der Waals surface area contributed by atoms with Crippen molar-refractivity contribution in [3.05, 3.63) is 83.0 Å². The number of hydrogen-bond donors (Lipinski definition) is 2. The molecule has 0 fully saturated rings. The lowest BCUT2D eigenvalue weighted by Crippen LogP contribution is -2.15. The summed E-state index contributed by atoms with van der Waals surface area (Å²) in [6.07, 6.45) is 8.22. The zero-order valence-corrected chi connectivity index (χ0v) is 18.3. The van der Waals surface area contributed by atoms with E-state index in [1.54, 1.807) is 19.1 Å². The van der Waals surface area contributed by atoms with Crippen LogP contribution in [0.5, 0.6) is 0 Å². The molecule has 0 saturated heterocycles. The molecule has 4 heterocycles. The van der Waals surface area contributed by atoms with Crippen LogP contribution in [0.2, 0.25) is 5.02 Å². The molecule has 1 atom stereocenters. The smallest absolute Gasteiger partial charge is 0.230 e. The Morgan fingerprint density at radius 1 is 1.18 bits per heavy atom. The number of aliphatic hydroxyl groups excluding tert-OH is 1. The number of nitrogens with zero attached hydrogens (tertiary/aromatic N) is 4. The van der Waals surface area contributed by atoms with E-state index in [9.17, 15) is 19.1 Å². The molecule has 4 aromatic heterocycles. The van der Waals surface area contributed by atoms with Crippen molar-refractivity contribution in [2.24, 2.45) is 0 Å². The number of ketones is 1. The number of aliphatic hydroxyl groups is 1. The quantitative estimate of drug-likeness (QED) is 0.402. The first kappa shape index (κ1) is 22.5. The molecule has 8 nitrogen and oxygen atoms in total. The number of anilines is 1. The number of carbonyl (C=O) groups excluding carboxylic acids is 2. The first-order valence-corrected chi connectivity index (χ1v) is 10.4. The number of amides is 1. The summed E-state index contributed by atoms with van der Waals surface area (Å²) >= 11 is 5.81.